The van der Waals surface area contributed by atoms with Crippen LogP contribution >= 0.6 is 11.3 Å². The fraction of sp³-hybridized carbons (Fsp3) is 0.143. The zero-order valence-corrected chi connectivity index (χ0v) is 17.3. The molecule has 0 saturated carbocycles. The third-order valence-electron chi connectivity index (χ3n) is 4.57. The van der Waals surface area contributed by atoms with Crippen molar-refractivity contribution in [3.8, 4) is 27.8 Å². The van der Waals surface area contributed by atoms with Gasteiger partial charge in [-0.05, 0) is 23.6 Å². The van der Waals surface area contributed by atoms with Crippen LogP contribution in [0.4, 0.5) is 0 Å². The van der Waals surface area contributed by atoms with Crippen LogP contribution < -0.4 is 15.6 Å². The third kappa shape index (κ3) is 4.19. The van der Waals surface area contributed by atoms with Crippen molar-refractivity contribution in [1.82, 2.24) is 25.1 Å². The highest BCUT2D eigenvalue weighted by Gasteiger charge is 2.18. The molecule has 0 aliphatic heterocycles. The molecular formula is C21H19N5O4S. The Hall–Kier alpha value is -3.92. The Morgan fingerprint density at radius 1 is 1.29 bits per heavy atom. The van der Waals surface area contributed by atoms with E-state index >= 15 is 0 Å². The van der Waals surface area contributed by atoms with Crippen LogP contribution in [0.5, 0.6) is 11.5 Å². The molecule has 10 heteroatoms. The molecule has 0 aliphatic carbocycles. The second-order valence-corrected chi connectivity index (χ2v) is 7.46. The van der Waals surface area contributed by atoms with Crippen molar-refractivity contribution in [2.24, 2.45) is 0 Å². The van der Waals surface area contributed by atoms with E-state index in [1.165, 1.54) is 7.11 Å². The van der Waals surface area contributed by atoms with E-state index in [2.05, 4.69) is 20.4 Å². The van der Waals surface area contributed by atoms with Crippen molar-refractivity contribution in [2.75, 3.05) is 13.7 Å². The molecule has 1 aromatic carbocycles. The number of aromatic hydroxyl groups is 1. The number of aromatic amines is 1. The normalized spacial score (nSPS) is 10.7. The molecule has 3 N–H and O–H groups in total. The number of ether oxygens (including phenoxy) is 1. The first-order valence-electron chi connectivity index (χ1n) is 9.39. The number of thiophene rings is 1. The average Bonchev–Trinajstić information content (AvgIpc) is 3.45. The molecule has 0 fully saturated rings. The first-order chi connectivity index (χ1) is 15.1. The Bertz CT molecular complexity index is 1260. The average molecular weight is 437 g/mol. The number of hydrogen-bond acceptors (Lipinski definition) is 7. The molecule has 0 radical (unpaired) electrons. The summed E-state index contributed by atoms with van der Waals surface area (Å²) in [5, 5.41) is 18.9. The maximum Gasteiger partial charge on any atom is 0.275 e. The fourth-order valence-corrected chi connectivity index (χ4v) is 3.86. The van der Waals surface area contributed by atoms with Crippen molar-refractivity contribution < 1.29 is 14.6 Å². The molecule has 0 saturated heterocycles. The van der Waals surface area contributed by atoms with E-state index in [1.807, 2.05) is 17.5 Å². The van der Waals surface area contributed by atoms with Crippen LogP contribution in [0.1, 0.15) is 16.2 Å². The van der Waals surface area contributed by atoms with Crippen LogP contribution in [0.25, 0.3) is 16.3 Å². The zero-order valence-electron chi connectivity index (χ0n) is 16.5. The minimum absolute atomic E-state index is 0.256. The summed E-state index contributed by atoms with van der Waals surface area (Å²) >= 11 is 1.58. The van der Waals surface area contributed by atoms with Gasteiger partial charge in [0.15, 0.2) is 11.4 Å². The lowest BCUT2D eigenvalue weighted by molar-refractivity contribution is 0.0944. The van der Waals surface area contributed by atoms with E-state index in [1.54, 1.807) is 41.9 Å². The summed E-state index contributed by atoms with van der Waals surface area (Å²) in [4.78, 5) is 33.5. The minimum atomic E-state index is -0.599. The SMILES string of the molecule is COc1ccccc1-n1nc(C(=O)NCCc2[nH]cnc2-c2cccs2)c(O)cc1=O. The molecule has 3 aromatic heterocycles. The Morgan fingerprint density at radius 3 is 2.90 bits per heavy atom. The van der Waals surface area contributed by atoms with Crippen LogP contribution in [-0.4, -0.2) is 44.4 Å². The molecule has 0 atom stereocenters. The number of aromatic nitrogens is 4. The number of hydrogen-bond donors (Lipinski definition) is 3. The van der Waals surface area contributed by atoms with Gasteiger partial charge in [-0.2, -0.15) is 9.78 Å². The van der Waals surface area contributed by atoms with Crippen LogP contribution in [-0.2, 0) is 6.42 Å². The van der Waals surface area contributed by atoms with Gasteiger partial charge in [0.05, 0.1) is 18.3 Å². The number of carbonyl (C=O) groups is 1. The molecule has 1 amide bonds. The molecule has 0 spiro atoms. The van der Waals surface area contributed by atoms with Gasteiger partial charge < -0.3 is 20.1 Å². The molecule has 4 aromatic rings. The molecule has 158 valence electrons. The quantitative estimate of drug-likeness (QED) is 0.408. The zero-order chi connectivity index (χ0) is 21.8. The molecule has 0 aliphatic rings. The van der Waals surface area contributed by atoms with Crippen molar-refractivity contribution in [1.29, 1.82) is 0 Å². The van der Waals surface area contributed by atoms with Gasteiger partial charge in [0.1, 0.15) is 17.1 Å². The summed E-state index contributed by atoms with van der Waals surface area (Å²) < 4.78 is 6.29. The maximum atomic E-state index is 12.7. The monoisotopic (exact) mass is 437 g/mol. The fourth-order valence-electron chi connectivity index (χ4n) is 3.11. The van der Waals surface area contributed by atoms with Gasteiger partial charge >= 0.3 is 0 Å². The minimum Gasteiger partial charge on any atom is -0.505 e. The van der Waals surface area contributed by atoms with Crippen molar-refractivity contribution in [2.45, 2.75) is 6.42 Å². The first kappa shape index (κ1) is 20.4. The number of benzene rings is 1. The maximum absolute atomic E-state index is 12.7. The van der Waals surface area contributed by atoms with E-state index in [9.17, 15) is 14.7 Å². The van der Waals surface area contributed by atoms with Crippen LogP contribution in [0, 0.1) is 0 Å². The van der Waals surface area contributed by atoms with E-state index in [4.69, 9.17) is 4.74 Å². The summed E-state index contributed by atoms with van der Waals surface area (Å²) in [7, 11) is 1.47. The summed E-state index contributed by atoms with van der Waals surface area (Å²) in [6, 6.07) is 11.7. The molecule has 31 heavy (non-hydrogen) atoms. The number of rotatable bonds is 7. The standard InChI is InChI=1S/C21H19N5O4S/c1-30-16-6-3-2-5-14(16)26-18(28)11-15(27)20(25-26)21(29)22-9-8-13-19(24-12-23-13)17-7-4-10-31-17/h2-7,10-12,27H,8-9H2,1H3,(H,22,29)(H,23,24). The van der Waals surface area contributed by atoms with Crippen LogP contribution in [0.15, 0.2) is 59.0 Å². The van der Waals surface area contributed by atoms with E-state index in [-0.39, 0.29) is 12.2 Å². The van der Waals surface area contributed by atoms with Crippen molar-refractivity contribution in [3.63, 3.8) is 0 Å². The van der Waals surface area contributed by atoms with Gasteiger partial charge in [0, 0.05) is 24.7 Å². The molecule has 4 rings (SSSR count). The van der Waals surface area contributed by atoms with Gasteiger partial charge in [0.2, 0.25) is 0 Å². The van der Waals surface area contributed by atoms with E-state index in [0.29, 0.717) is 17.9 Å². The van der Waals surface area contributed by atoms with Gasteiger partial charge in [-0.1, -0.05) is 18.2 Å². The Kier molecular flexibility index (Phi) is 5.80. The lowest BCUT2D eigenvalue weighted by atomic mass is 10.2. The number of nitrogens with one attached hydrogen (secondary N) is 2. The molecule has 9 nitrogen and oxygen atoms in total. The van der Waals surface area contributed by atoms with Gasteiger partial charge in [-0.15, -0.1) is 11.3 Å². The second-order valence-electron chi connectivity index (χ2n) is 6.51. The van der Waals surface area contributed by atoms with Gasteiger partial charge in [-0.3, -0.25) is 9.59 Å². The van der Waals surface area contributed by atoms with E-state index < -0.39 is 17.2 Å². The van der Waals surface area contributed by atoms with E-state index in [0.717, 1.165) is 27.0 Å². The lowest BCUT2D eigenvalue weighted by Crippen LogP contribution is -2.30. The first-order valence-corrected chi connectivity index (χ1v) is 10.3. The second kappa shape index (κ2) is 8.84. The largest absolute Gasteiger partial charge is 0.505 e. The Morgan fingerprint density at radius 2 is 2.13 bits per heavy atom. The number of methoxy groups -OCH3 is 1. The summed E-state index contributed by atoms with van der Waals surface area (Å²) in [5.74, 6) is -0.678. The Labute approximate surface area is 181 Å². The summed E-state index contributed by atoms with van der Waals surface area (Å²) in [6.45, 7) is 0.286. The number of amides is 1. The van der Waals surface area contributed by atoms with Crippen molar-refractivity contribution >= 4 is 17.2 Å². The number of imidazole rings is 1. The molecule has 0 bridgehead atoms. The third-order valence-corrected chi connectivity index (χ3v) is 5.45. The predicted molar refractivity (Wildman–Crippen MR) is 116 cm³/mol. The summed E-state index contributed by atoms with van der Waals surface area (Å²) in [5.41, 5.74) is 1.25. The number of carbonyl (C=O) groups excluding carboxylic acids is 1. The molecule has 3 heterocycles. The number of nitrogens with zero attached hydrogens (tertiary/aromatic N) is 3. The smallest absolute Gasteiger partial charge is 0.275 e. The topological polar surface area (TPSA) is 122 Å². The highest BCUT2D eigenvalue weighted by Crippen LogP contribution is 2.25. The lowest BCUT2D eigenvalue weighted by Gasteiger charge is -2.12. The number of para-hydroxylation sites is 2. The number of H-pyrrole nitrogens is 1. The van der Waals surface area contributed by atoms with Gasteiger partial charge in [-0.25, -0.2) is 4.98 Å². The molecular weight excluding hydrogens is 418 g/mol. The van der Waals surface area contributed by atoms with Crippen molar-refractivity contribution in [3.05, 3.63) is 75.9 Å². The summed E-state index contributed by atoms with van der Waals surface area (Å²) in [6.07, 6.45) is 2.12. The predicted octanol–water partition coefficient (Wildman–Crippen LogP) is 2.37. The van der Waals surface area contributed by atoms with Crippen LogP contribution in [0.2, 0.25) is 0 Å². The highest BCUT2D eigenvalue weighted by atomic mass is 32.1. The van der Waals surface area contributed by atoms with Gasteiger partial charge in [0.25, 0.3) is 11.5 Å². The highest BCUT2D eigenvalue weighted by molar-refractivity contribution is 7.13. The Balaban J connectivity index is 1.52. The van der Waals surface area contributed by atoms with Crippen LogP contribution in [0.3, 0.4) is 0 Å². The molecule has 0 unspecified atom stereocenters.